The molecule has 13 rings (SSSR count). The normalized spacial score (nSPS) is 15.5. The molecule has 4 aliphatic rings. The van der Waals surface area contributed by atoms with Crippen LogP contribution in [0.3, 0.4) is 0 Å². The molecule has 0 saturated heterocycles. The third-order valence-electron chi connectivity index (χ3n) is 15.1. The predicted molar refractivity (Wildman–Crippen MR) is 258 cm³/mol. The fourth-order valence-electron chi connectivity index (χ4n) is 12.2. The summed E-state index contributed by atoms with van der Waals surface area (Å²) in [5, 5.41) is 0. The molecule has 0 unspecified atom stereocenters. The maximum atomic E-state index is 2.51. The molecule has 0 amide bonds. The molecule has 0 aromatic heterocycles. The van der Waals surface area contributed by atoms with Gasteiger partial charge in [-0.1, -0.05) is 185 Å². The zero-order valence-corrected chi connectivity index (χ0v) is 35.5. The van der Waals surface area contributed by atoms with Gasteiger partial charge in [-0.3, -0.25) is 0 Å². The molecule has 9 aromatic carbocycles. The zero-order chi connectivity index (χ0) is 41.5. The van der Waals surface area contributed by atoms with E-state index < -0.39 is 5.41 Å². The largest absolute Gasteiger partial charge is 0.310 e. The molecular formula is C61H45N. The number of hydrogen-bond acceptors (Lipinski definition) is 1. The molecule has 0 bridgehead atoms. The Balaban J connectivity index is 0.998. The van der Waals surface area contributed by atoms with Crippen molar-refractivity contribution in [1.29, 1.82) is 0 Å². The van der Waals surface area contributed by atoms with Crippen molar-refractivity contribution in [3.63, 3.8) is 0 Å². The second kappa shape index (κ2) is 12.4. The highest BCUT2D eigenvalue weighted by Crippen LogP contribution is 2.63. The van der Waals surface area contributed by atoms with Crippen molar-refractivity contribution in [2.75, 3.05) is 4.90 Å². The van der Waals surface area contributed by atoms with E-state index in [0.29, 0.717) is 0 Å². The van der Waals surface area contributed by atoms with Crippen molar-refractivity contribution in [1.82, 2.24) is 0 Å². The van der Waals surface area contributed by atoms with Crippen LogP contribution in [0.2, 0.25) is 0 Å². The summed E-state index contributed by atoms with van der Waals surface area (Å²) in [6.45, 7) is 9.48. The second-order valence-electron chi connectivity index (χ2n) is 18.8. The van der Waals surface area contributed by atoms with Gasteiger partial charge in [0, 0.05) is 27.9 Å². The first-order valence-corrected chi connectivity index (χ1v) is 22.1. The molecule has 4 aliphatic carbocycles. The van der Waals surface area contributed by atoms with Crippen molar-refractivity contribution < 1.29 is 0 Å². The summed E-state index contributed by atoms with van der Waals surface area (Å²) < 4.78 is 0. The van der Waals surface area contributed by atoms with E-state index in [-0.39, 0.29) is 10.8 Å². The summed E-state index contributed by atoms with van der Waals surface area (Å²) in [6.07, 6.45) is 0. The van der Waals surface area contributed by atoms with Crippen LogP contribution in [-0.4, -0.2) is 0 Å². The molecule has 0 saturated carbocycles. The lowest BCUT2D eigenvalue weighted by molar-refractivity contribution is 0.660. The monoisotopic (exact) mass is 791 g/mol. The number of anilines is 3. The highest BCUT2D eigenvalue weighted by atomic mass is 15.1. The average Bonchev–Trinajstić information content (AvgIpc) is 3.94. The first kappa shape index (κ1) is 35.5. The zero-order valence-electron chi connectivity index (χ0n) is 35.5. The van der Waals surface area contributed by atoms with Gasteiger partial charge in [-0.2, -0.15) is 0 Å². The topological polar surface area (TPSA) is 3.24 Å². The minimum absolute atomic E-state index is 0.0510. The molecule has 0 atom stereocenters. The third-order valence-corrected chi connectivity index (χ3v) is 15.1. The van der Waals surface area contributed by atoms with Gasteiger partial charge in [0.1, 0.15) is 0 Å². The van der Waals surface area contributed by atoms with Gasteiger partial charge < -0.3 is 4.90 Å². The fraction of sp³-hybridized carbons (Fsp3) is 0.115. The van der Waals surface area contributed by atoms with Crippen LogP contribution in [0.15, 0.2) is 200 Å². The molecule has 294 valence electrons. The first-order valence-electron chi connectivity index (χ1n) is 22.1. The van der Waals surface area contributed by atoms with Gasteiger partial charge in [-0.15, -0.1) is 0 Å². The molecule has 0 N–H and O–H groups in total. The van der Waals surface area contributed by atoms with Crippen LogP contribution in [0.4, 0.5) is 17.1 Å². The molecule has 0 radical (unpaired) electrons. The molecule has 0 aliphatic heterocycles. The lowest BCUT2D eigenvalue weighted by Gasteiger charge is -2.32. The maximum absolute atomic E-state index is 2.51. The van der Waals surface area contributed by atoms with E-state index in [9.17, 15) is 0 Å². The van der Waals surface area contributed by atoms with Gasteiger partial charge in [0.15, 0.2) is 0 Å². The Bertz CT molecular complexity index is 3300. The van der Waals surface area contributed by atoms with Crippen molar-refractivity contribution in [3.05, 3.63) is 245 Å². The molecule has 62 heavy (non-hydrogen) atoms. The Morgan fingerprint density at radius 3 is 1.06 bits per heavy atom. The highest BCUT2D eigenvalue weighted by Gasteiger charge is 2.51. The van der Waals surface area contributed by atoms with Crippen LogP contribution in [0.5, 0.6) is 0 Å². The van der Waals surface area contributed by atoms with Crippen LogP contribution in [-0.2, 0) is 16.2 Å². The Morgan fingerprint density at radius 1 is 0.258 bits per heavy atom. The van der Waals surface area contributed by atoms with Crippen molar-refractivity contribution >= 4 is 17.1 Å². The molecule has 1 spiro atoms. The standard InChI is InChI=1S/C61H45N/c1-59(2)51-20-10-5-15-43(51)48-32-27-39(35-56(48)59)38-25-28-40(29-26-38)62(41-30-33-49-44-16-6-11-21-52(44)60(3,4)57(49)36-41)42-31-34-50-47-19-9-14-24-55(47)61(58(50)37-42)53-22-12-7-17-45(53)46-18-8-13-23-54(46)61/h5-37H,1-4H3. The fourth-order valence-corrected chi connectivity index (χ4v) is 12.2. The van der Waals surface area contributed by atoms with E-state index in [1.165, 1.54) is 100 Å². The maximum Gasteiger partial charge on any atom is 0.0726 e. The van der Waals surface area contributed by atoms with Gasteiger partial charge in [0.25, 0.3) is 0 Å². The van der Waals surface area contributed by atoms with E-state index in [4.69, 9.17) is 0 Å². The summed E-state index contributed by atoms with van der Waals surface area (Å²) in [6, 6.07) is 75.9. The molecule has 1 heteroatoms. The van der Waals surface area contributed by atoms with E-state index in [2.05, 4.69) is 233 Å². The quantitative estimate of drug-likeness (QED) is 0.172. The number of fused-ring (bicyclic) bond motifs is 16. The number of hydrogen-bond donors (Lipinski definition) is 0. The lowest BCUT2D eigenvalue weighted by atomic mass is 9.70. The smallest absolute Gasteiger partial charge is 0.0726 e. The number of nitrogens with zero attached hydrogens (tertiary/aromatic N) is 1. The van der Waals surface area contributed by atoms with Gasteiger partial charge in [-0.05, 0) is 143 Å². The number of benzene rings is 9. The third kappa shape index (κ3) is 4.53. The van der Waals surface area contributed by atoms with Gasteiger partial charge >= 0.3 is 0 Å². The molecule has 1 nitrogen and oxygen atoms in total. The first-order chi connectivity index (χ1) is 30.3. The van der Waals surface area contributed by atoms with Crippen LogP contribution in [0.25, 0.3) is 55.6 Å². The Hall–Kier alpha value is -7.22. The Kier molecular flexibility index (Phi) is 7.12. The second-order valence-corrected chi connectivity index (χ2v) is 18.8. The highest BCUT2D eigenvalue weighted by molar-refractivity contribution is 5.97. The SMILES string of the molecule is CC1(C)c2ccccc2-c2ccc(-c3ccc(N(c4ccc5c(c4)C(C)(C)c4ccccc4-5)c4ccc5c(c4)C4(c6ccccc6-c6ccccc64)c4ccccc4-5)cc3)cc21. The van der Waals surface area contributed by atoms with E-state index in [1.54, 1.807) is 0 Å². The minimum atomic E-state index is -0.423. The van der Waals surface area contributed by atoms with Crippen molar-refractivity contribution in [2.24, 2.45) is 0 Å². The van der Waals surface area contributed by atoms with E-state index in [1.807, 2.05) is 0 Å². The van der Waals surface area contributed by atoms with Crippen LogP contribution in [0, 0.1) is 0 Å². The molecule has 0 heterocycles. The summed E-state index contributed by atoms with van der Waals surface area (Å²) in [5.74, 6) is 0. The van der Waals surface area contributed by atoms with Crippen molar-refractivity contribution in [2.45, 2.75) is 43.9 Å². The number of rotatable bonds is 4. The molecule has 9 aromatic rings. The van der Waals surface area contributed by atoms with E-state index >= 15 is 0 Å². The minimum Gasteiger partial charge on any atom is -0.310 e. The van der Waals surface area contributed by atoms with Crippen LogP contribution in [0.1, 0.15) is 72.2 Å². The summed E-state index contributed by atoms with van der Waals surface area (Å²) >= 11 is 0. The molecular weight excluding hydrogens is 747 g/mol. The summed E-state index contributed by atoms with van der Waals surface area (Å²) in [4.78, 5) is 2.50. The lowest BCUT2D eigenvalue weighted by Crippen LogP contribution is -2.26. The summed E-state index contributed by atoms with van der Waals surface area (Å²) in [5.41, 5.74) is 26.9. The predicted octanol–water partition coefficient (Wildman–Crippen LogP) is 15.8. The Morgan fingerprint density at radius 2 is 0.581 bits per heavy atom. The van der Waals surface area contributed by atoms with Crippen molar-refractivity contribution in [3.8, 4) is 55.6 Å². The average molecular weight is 792 g/mol. The van der Waals surface area contributed by atoms with Crippen LogP contribution < -0.4 is 4.90 Å². The summed E-state index contributed by atoms with van der Waals surface area (Å²) in [7, 11) is 0. The molecule has 0 fully saturated rings. The van der Waals surface area contributed by atoms with Crippen LogP contribution >= 0.6 is 0 Å². The Labute approximate surface area is 364 Å². The van der Waals surface area contributed by atoms with E-state index in [0.717, 1.165) is 17.1 Å². The van der Waals surface area contributed by atoms with Gasteiger partial charge in [-0.25, -0.2) is 0 Å². The van der Waals surface area contributed by atoms with Gasteiger partial charge in [0.05, 0.1) is 5.41 Å². The van der Waals surface area contributed by atoms with Gasteiger partial charge in [0.2, 0.25) is 0 Å².